The standard InChI is InChI=1S/C14H13NO3/c1-2-13(16)14(17)9-10-7-8-15(18)12-6-4-3-5-11(10)12/h3-8H,2,9H2,1H3. The van der Waals surface area contributed by atoms with Gasteiger partial charge in [0.2, 0.25) is 11.3 Å². The molecule has 0 aliphatic carbocycles. The summed E-state index contributed by atoms with van der Waals surface area (Å²) in [4.78, 5) is 22.9. The van der Waals surface area contributed by atoms with Crippen molar-refractivity contribution in [3.63, 3.8) is 0 Å². The molecule has 0 saturated carbocycles. The monoisotopic (exact) mass is 243 g/mol. The Labute approximate surface area is 104 Å². The SMILES string of the molecule is CCC(=O)C(=O)Cc1cc[n+]([O-])c2ccccc12. The van der Waals surface area contributed by atoms with Gasteiger partial charge in [-0.25, -0.2) is 0 Å². The second-order valence-electron chi connectivity index (χ2n) is 4.06. The molecule has 2 rings (SSSR count). The summed E-state index contributed by atoms with van der Waals surface area (Å²) in [6.07, 6.45) is 1.63. The Balaban J connectivity index is 2.43. The molecular weight excluding hydrogens is 230 g/mol. The molecule has 92 valence electrons. The third kappa shape index (κ3) is 2.22. The molecule has 4 heteroatoms. The lowest BCUT2D eigenvalue weighted by Gasteiger charge is -2.06. The maximum absolute atomic E-state index is 11.6. The van der Waals surface area contributed by atoms with Gasteiger partial charge in [-0.05, 0) is 11.6 Å². The van der Waals surface area contributed by atoms with E-state index >= 15 is 0 Å². The number of hydrogen-bond acceptors (Lipinski definition) is 3. The number of rotatable bonds is 4. The summed E-state index contributed by atoms with van der Waals surface area (Å²) in [5, 5.41) is 12.3. The molecule has 1 heterocycles. The molecule has 0 unspecified atom stereocenters. The van der Waals surface area contributed by atoms with E-state index in [1.54, 1.807) is 37.3 Å². The fraction of sp³-hybridized carbons (Fsp3) is 0.214. The van der Waals surface area contributed by atoms with Gasteiger partial charge >= 0.3 is 0 Å². The van der Waals surface area contributed by atoms with Gasteiger partial charge in [0, 0.05) is 25.0 Å². The van der Waals surface area contributed by atoms with E-state index in [-0.39, 0.29) is 18.6 Å². The van der Waals surface area contributed by atoms with Crippen LogP contribution in [0.2, 0.25) is 0 Å². The Hall–Kier alpha value is -2.23. The van der Waals surface area contributed by atoms with Crippen molar-refractivity contribution in [2.45, 2.75) is 19.8 Å². The van der Waals surface area contributed by atoms with Gasteiger partial charge in [-0.2, -0.15) is 4.73 Å². The topological polar surface area (TPSA) is 61.1 Å². The van der Waals surface area contributed by atoms with Crippen LogP contribution in [0.4, 0.5) is 0 Å². The number of Topliss-reactive ketones (excluding diaryl/α,β-unsaturated/α-hetero) is 2. The minimum absolute atomic E-state index is 0.0496. The highest BCUT2D eigenvalue weighted by Crippen LogP contribution is 2.16. The van der Waals surface area contributed by atoms with Crippen molar-refractivity contribution in [3.05, 3.63) is 47.3 Å². The van der Waals surface area contributed by atoms with Gasteiger partial charge in [0.1, 0.15) is 0 Å². The molecule has 0 spiro atoms. The lowest BCUT2D eigenvalue weighted by Crippen LogP contribution is -2.27. The third-order valence-corrected chi connectivity index (χ3v) is 2.88. The minimum atomic E-state index is -0.411. The second-order valence-corrected chi connectivity index (χ2v) is 4.06. The van der Waals surface area contributed by atoms with Crippen LogP contribution < -0.4 is 4.73 Å². The van der Waals surface area contributed by atoms with E-state index in [1.165, 1.54) is 6.20 Å². The normalized spacial score (nSPS) is 10.5. The first kappa shape index (κ1) is 12.2. The van der Waals surface area contributed by atoms with Gasteiger partial charge in [0.25, 0.3) is 0 Å². The van der Waals surface area contributed by atoms with Crippen LogP contribution >= 0.6 is 0 Å². The summed E-state index contributed by atoms with van der Waals surface area (Å²) in [5.74, 6) is -0.788. The zero-order valence-corrected chi connectivity index (χ0v) is 10.1. The number of ketones is 2. The van der Waals surface area contributed by atoms with Gasteiger partial charge in [0.15, 0.2) is 12.0 Å². The van der Waals surface area contributed by atoms with E-state index < -0.39 is 5.78 Å². The van der Waals surface area contributed by atoms with Crippen LogP contribution in [0.15, 0.2) is 36.5 Å². The average Bonchev–Trinajstić information content (AvgIpc) is 2.41. The number of pyridine rings is 1. The Morgan fingerprint density at radius 3 is 2.61 bits per heavy atom. The first-order valence-electron chi connectivity index (χ1n) is 5.79. The number of para-hydroxylation sites is 1. The number of carbonyl (C=O) groups excluding carboxylic acids is 2. The number of hydrogen-bond donors (Lipinski definition) is 0. The Kier molecular flexibility index (Phi) is 3.37. The molecular formula is C14H13NO3. The van der Waals surface area contributed by atoms with Crippen LogP contribution in [0.1, 0.15) is 18.9 Å². The van der Waals surface area contributed by atoms with Crippen LogP contribution in [-0.4, -0.2) is 11.6 Å². The van der Waals surface area contributed by atoms with Crippen LogP contribution in [0, 0.1) is 5.21 Å². The molecule has 1 aromatic carbocycles. The zero-order chi connectivity index (χ0) is 13.1. The number of nitrogens with zero attached hydrogens (tertiary/aromatic N) is 1. The van der Waals surface area contributed by atoms with Crippen molar-refractivity contribution >= 4 is 22.5 Å². The molecule has 0 saturated heterocycles. The Bertz CT molecular complexity index is 619. The lowest BCUT2D eigenvalue weighted by molar-refractivity contribution is -0.577. The van der Waals surface area contributed by atoms with Crippen LogP contribution in [0.3, 0.4) is 0 Å². The van der Waals surface area contributed by atoms with Crippen molar-refractivity contribution in [1.82, 2.24) is 0 Å². The fourth-order valence-corrected chi connectivity index (χ4v) is 1.89. The summed E-state index contributed by atoms with van der Waals surface area (Å²) < 4.78 is 0.755. The van der Waals surface area contributed by atoms with Crippen LogP contribution in [0.25, 0.3) is 10.9 Å². The van der Waals surface area contributed by atoms with Crippen molar-refractivity contribution in [2.75, 3.05) is 0 Å². The van der Waals surface area contributed by atoms with Gasteiger partial charge in [-0.1, -0.05) is 19.1 Å². The molecule has 4 nitrogen and oxygen atoms in total. The summed E-state index contributed by atoms with van der Waals surface area (Å²) in [6, 6.07) is 8.63. The Morgan fingerprint density at radius 2 is 1.89 bits per heavy atom. The average molecular weight is 243 g/mol. The number of fused-ring (bicyclic) bond motifs is 1. The van der Waals surface area contributed by atoms with E-state index in [4.69, 9.17) is 0 Å². The fourth-order valence-electron chi connectivity index (χ4n) is 1.89. The molecule has 0 fully saturated rings. The van der Waals surface area contributed by atoms with Gasteiger partial charge in [-0.15, -0.1) is 0 Å². The molecule has 0 aliphatic rings. The molecule has 2 aromatic rings. The molecule has 0 bridgehead atoms. The Morgan fingerprint density at radius 1 is 1.17 bits per heavy atom. The molecule has 0 atom stereocenters. The van der Waals surface area contributed by atoms with E-state index in [0.717, 1.165) is 4.73 Å². The molecule has 18 heavy (non-hydrogen) atoms. The largest absolute Gasteiger partial charge is 0.618 e. The van der Waals surface area contributed by atoms with Gasteiger partial charge in [-0.3, -0.25) is 9.59 Å². The molecule has 1 aromatic heterocycles. The maximum Gasteiger partial charge on any atom is 0.224 e. The summed E-state index contributed by atoms with van der Waals surface area (Å²) >= 11 is 0. The van der Waals surface area contributed by atoms with Gasteiger partial charge in [0.05, 0.1) is 5.39 Å². The third-order valence-electron chi connectivity index (χ3n) is 2.88. The van der Waals surface area contributed by atoms with Gasteiger partial charge < -0.3 is 5.21 Å². The molecule has 0 N–H and O–H groups in total. The van der Waals surface area contributed by atoms with E-state index in [0.29, 0.717) is 16.5 Å². The number of aromatic nitrogens is 1. The predicted octanol–water partition coefficient (Wildman–Crippen LogP) is 1.56. The first-order valence-corrected chi connectivity index (χ1v) is 5.79. The van der Waals surface area contributed by atoms with Crippen molar-refractivity contribution in [2.24, 2.45) is 0 Å². The predicted molar refractivity (Wildman–Crippen MR) is 66.9 cm³/mol. The minimum Gasteiger partial charge on any atom is -0.618 e. The van der Waals surface area contributed by atoms with E-state index in [2.05, 4.69) is 0 Å². The summed E-state index contributed by atoms with van der Waals surface area (Å²) in [7, 11) is 0. The van der Waals surface area contributed by atoms with Crippen LogP contribution in [0.5, 0.6) is 0 Å². The highest BCUT2D eigenvalue weighted by molar-refractivity contribution is 6.37. The summed E-state index contributed by atoms with van der Waals surface area (Å²) in [5.41, 5.74) is 1.22. The lowest BCUT2D eigenvalue weighted by atomic mass is 10.0. The second kappa shape index (κ2) is 4.96. The molecule has 0 amide bonds. The highest BCUT2D eigenvalue weighted by atomic mass is 16.5. The number of benzene rings is 1. The zero-order valence-electron chi connectivity index (χ0n) is 10.1. The summed E-state index contributed by atoms with van der Waals surface area (Å²) in [6.45, 7) is 1.66. The maximum atomic E-state index is 11.6. The van der Waals surface area contributed by atoms with Crippen molar-refractivity contribution in [3.8, 4) is 0 Å². The molecule has 0 radical (unpaired) electrons. The first-order chi connectivity index (χ1) is 8.63. The van der Waals surface area contributed by atoms with Crippen LogP contribution in [-0.2, 0) is 16.0 Å². The van der Waals surface area contributed by atoms with Crippen molar-refractivity contribution in [1.29, 1.82) is 0 Å². The quantitative estimate of drug-likeness (QED) is 0.465. The van der Waals surface area contributed by atoms with Crippen molar-refractivity contribution < 1.29 is 14.3 Å². The molecule has 0 aliphatic heterocycles. The highest BCUT2D eigenvalue weighted by Gasteiger charge is 2.15. The van der Waals surface area contributed by atoms with E-state index in [9.17, 15) is 14.8 Å². The number of carbonyl (C=O) groups is 2. The van der Waals surface area contributed by atoms with E-state index in [1.807, 2.05) is 0 Å². The smallest absolute Gasteiger partial charge is 0.224 e.